The van der Waals surface area contributed by atoms with E-state index in [0.29, 0.717) is 23.0 Å². The van der Waals surface area contributed by atoms with Gasteiger partial charge in [-0.3, -0.25) is 0 Å². The van der Waals surface area contributed by atoms with E-state index in [0.717, 1.165) is 0 Å². The molecule has 1 nitrogen and oxygen atoms in total. The second kappa shape index (κ2) is 13.2. The van der Waals surface area contributed by atoms with E-state index in [1.807, 2.05) is 0 Å². The average molecular weight is 355 g/mol. The van der Waals surface area contributed by atoms with Gasteiger partial charge in [0.25, 0.3) is 0 Å². The second-order valence-corrected chi connectivity index (χ2v) is 10.6. The molecule has 0 aromatic heterocycles. The molecule has 2 atom stereocenters. The third kappa shape index (κ3) is 17.1. The van der Waals surface area contributed by atoms with Crippen LogP contribution in [0.1, 0.15) is 132 Å². The van der Waals surface area contributed by atoms with Crippen molar-refractivity contribution >= 4 is 0 Å². The zero-order valence-electron chi connectivity index (χ0n) is 19.0. The van der Waals surface area contributed by atoms with E-state index in [1.54, 1.807) is 0 Å². The van der Waals surface area contributed by atoms with Crippen molar-refractivity contribution in [3.8, 4) is 0 Å². The van der Waals surface area contributed by atoms with Crippen LogP contribution in [0.25, 0.3) is 0 Å². The fraction of sp³-hybridized carbons (Fsp3) is 1.00. The molecule has 0 saturated carbocycles. The highest BCUT2D eigenvalue weighted by atomic mass is 16.5. The molecule has 0 rings (SSSR count). The van der Waals surface area contributed by atoms with Gasteiger partial charge in [0, 0.05) is 0 Å². The van der Waals surface area contributed by atoms with Crippen molar-refractivity contribution in [1.29, 1.82) is 0 Å². The molecule has 0 saturated heterocycles. The van der Waals surface area contributed by atoms with Gasteiger partial charge in [-0.15, -0.1) is 0 Å². The maximum absolute atomic E-state index is 6.73. The average Bonchev–Trinajstić information content (AvgIpc) is 2.48. The Morgan fingerprint density at radius 1 is 0.560 bits per heavy atom. The monoisotopic (exact) mass is 354 g/mol. The number of ether oxygens (including phenoxy) is 1. The van der Waals surface area contributed by atoms with E-state index in [-0.39, 0.29) is 0 Å². The van der Waals surface area contributed by atoms with Crippen molar-refractivity contribution in [2.75, 3.05) is 0 Å². The maximum atomic E-state index is 6.73. The van der Waals surface area contributed by atoms with Gasteiger partial charge in [0.05, 0.1) is 12.2 Å². The van der Waals surface area contributed by atoms with Gasteiger partial charge in [-0.2, -0.15) is 0 Å². The standard InChI is InChI=1S/C24H50O/c1-9-11-13-15-21(17-19-23(3,4)5)25-22(16-14-12-10-2)18-20-24(6,7)8/h21-22H,9-20H2,1-8H3. The molecule has 0 heterocycles. The minimum absolute atomic E-state index is 0.412. The Morgan fingerprint density at radius 2 is 0.920 bits per heavy atom. The minimum atomic E-state index is 0.412. The zero-order chi connectivity index (χ0) is 19.3. The third-order valence-corrected chi connectivity index (χ3v) is 5.08. The van der Waals surface area contributed by atoms with Crippen molar-refractivity contribution in [1.82, 2.24) is 0 Å². The van der Waals surface area contributed by atoms with Gasteiger partial charge >= 0.3 is 0 Å². The maximum Gasteiger partial charge on any atom is 0.0579 e. The predicted octanol–water partition coefficient (Wildman–Crippen LogP) is 8.55. The molecule has 25 heavy (non-hydrogen) atoms. The molecule has 0 spiro atoms. The molecular weight excluding hydrogens is 304 g/mol. The van der Waals surface area contributed by atoms with E-state index in [2.05, 4.69) is 55.4 Å². The summed E-state index contributed by atoms with van der Waals surface area (Å²) in [6.07, 6.45) is 16.4. The first-order valence-corrected chi connectivity index (χ1v) is 11.2. The summed E-state index contributed by atoms with van der Waals surface area (Å²) < 4.78 is 6.73. The van der Waals surface area contributed by atoms with Crippen molar-refractivity contribution in [2.24, 2.45) is 10.8 Å². The first-order chi connectivity index (χ1) is 11.6. The Hall–Kier alpha value is -0.0400. The van der Waals surface area contributed by atoms with Gasteiger partial charge in [0.2, 0.25) is 0 Å². The lowest BCUT2D eigenvalue weighted by atomic mass is 9.87. The molecule has 0 aliphatic carbocycles. The highest BCUT2D eigenvalue weighted by Crippen LogP contribution is 2.29. The summed E-state index contributed by atoms with van der Waals surface area (Å²) in [5.74, 6) is 0. The normalized spacial score (nSPS) is 15.4. The van der Waals surface area contributed by atoms with Crippen LogP contribution in [-0.4, -0.2) is 12.2 Å². The predicted molar refractivity (Wildman–Crippen MR) is 114 cm³/mol. The fourth-order valence-electron chi connectivity index (χ4n) is 3.27. The van der Waals surface area contributed by atoms with Gasteiger partial charge < -0.3 is 4.74 Å². The largest absolute Gasteiger partial charge is 0.375 e. The molecule has 0 aliphatic heterocycles. The fourth-order valence-corrected chi connectivity index (χ4v) is 3.27. The second-order valence-electron chi connectivity index (χ2n) is 10.6. The number of unbranched alkanes of at least 4 members (excludes halogenated alkanes) is 4. The highest BCUT2D eigenvalue weighted by molar-refractivity contribution is 4.72. The van der Waals surface area contributed by atoms with E-state index in [1.165, 1.54) is 77.0 Å². The SMILES string of the molecule is CCCCCC(CCC(C)(C)C)OC(CCCCC)CCC(C)(C)C. The molecule has 0 bridgehead atoms. The van der Waals surface area contributed by atoms with Gasteiger partial charge in [-0.25, -0.2) is 0 Å². The molecule has 0 aromatic carbocycles. The van der Waals surface area contributed by atoms with E-state index in [4.69, 9.17) is 4.74 Å². The number of hydrogen-bond donors (Lipinski definition) is 0. The Balaban J connectivity index is 4.68. The van der Waals surface area contributed by atoms with Gasteiger partial charge in [-0.1, -0.05) is 93.9 Å². The van der Waals surface area contributed by atoms with Gasteiger partial charge in [0.1, 0.15) is 0 Å². The Bertz CT molecular complexity index is 264. The summed E-state index contributed by atoms with van der Waals surface area (Å²) >= 11 is 0. The van der Waals surface area contributed by atoms with Gasteiger partial charge in [0.15, 0.2) is 0 Å². The van der Waals surface area contributed by atoms with Crippen LogP contribution < -0.4 is 0 Å². The van der Waals surface area contributed by atoms with Crippen molar-refractivity contribution in [2.45, 2.75) is 145 Å². The molecule has 1 heteroatoms. The number of rotatable bonds is 14. The van der Waals surface area contributed by atoms with Crippen LogP contribution in [-0.2, 0) is 4.74 Å². The van der Waals surface area contributed by atoms with Crippen LogP contribution >= 0.6 is 0 Å². The summed E-state index contributed by atoms with van der Waals surface area (Å²) in [6, 6.07) is 0. The molecule has 0 fully saturated rings. The van der Waals surface area contributed by atoms with Crippen LogP contribution in [0, 0.1) is 10.8 Å². The summed E-state index contributed by atoms with van der Waals surface area (Å²) in [5.41, 5.74) is 0.824. The lowest BCUT2D eigenvalue weighted by molar-refractivity contribution is -0.0384. The van der Waals surface area contributed by atoms with E-state index in [9.17, 15) is 0 Å². The van der Waals surface area contributed by atoms with Crippen LogP contribution in [0.15, 0.2) is 0 Å². The van der Waals surface area contributed by atoms with Crippen molar-refractivity contribution in [3.05, 3.63) is 0 Å². The third-order valence-electron chi connectivity index (χ3n) is 5.08. The molecule has 2 unspecified atom stereocenters. The molecule has 152 valence electrons. The van der Waals surface area contributed by atoms with Gasteiger partial charge in [-0.05, 0) is 49.4 Å². The van der Waals surface area contributed by atoms with Crippen LogP contribution in [0.2, 0.25) is 0 Å². The first kappa shape index (κ1) is 25.0. The Kier molecular flexibility index (Phi) is 13.2. The van der Waals surface area contributed by atoms with Crippen LogP contribution in [0.3, 0.4) is 0 Å². The molecular formula is C24H50O. The molecule has 0 aromatic rings. The lowest BCUT2D eigenvalue weighted by Gasteiger charge is -2.29. The molecule has 0 N–H and O–H groups in total. The zero-order valence-corrected chi connectivity index (χ0v) is 19.0. The molecule has 0 radical (unpaired) electrons. The first-order valence-electron chi connectivity index (χ1n) is 11.2. The van der Waals surface area contributed by atoms with Crippen molar-refractivity contribution < 1.29 is 4.74 Å². The Morgan fingerprint density at radius 3 is 1.20 bits per heavy atom. The van der Waals surface area contributed by atoms with E-state index < -0.39 is 0 Å². The van der Waals surface area contributed by atoms with Crippen LogP contribution in [0.5, 0.6) is 0 Å². The topological polar surface area (TPSA) is 9.23 Å². The lowest BCUT2D eigenvalue weighted by Crippen LogP contribution is -2.25. The quantitative estimate of drug-likeness (QED) is 0.284. The molecule has 0 amide bonds. The summed E-state index contributed by atoms with van der Waals surface area (Å²) in [6.45, 7) is 18.7. The summed E-state index contributed by atoms with van der Waals surface area (Å²) in [5, 5.41) is 0. The molecule has 0 aliphatic rings. The smallest absolute Gasteiger partial charge is 0.0579 e. The van der Waals surface area contributed by atoms with E-state index >= 15 is 0 Å². The minimum Gasteiger partial charge on any atom is -0.375 e. The van der Waals surface area contributed by atoms with Crippen LogP contribution in [0.4, 0.5) is 0 Å². The Labute approximate surface area is 160 Å². The highest BCUT2D eigenvalue weighted by Gasteiger charge is 2.21. The number of hydrogen-bond acceptors (Lipinski definition) is 1. The summed E-state index contributed by atoms with van der Waals surface area (Å²) in [7, 11) is 0. The summed E-state index contributed by atoms with van der Waals surface area (Å²) in [4.78, 5) is 0. The van der Waals surface area contributed by atoms with Crippen molar-refractivity contribution in [3.63, 3.8) is 0 Å².